The first kappa shape index (κ1) is 12.3. The molecule has 3 aromatic rings. The fraction of sp³-hybridized carbons (Fsp3) is 0. The maximum absolute atomic E-state index is 12.1. The van der Waals surface area contributed by atoms with E-state index >= 15 is 0 Å². The molecule has 0 aliphatic carbocycles. The van der Waals surface area contributed by atoms with Crippen molar-refractivity contribution in [1.82, 2.24) is 9.97 Å². The van der Waals surface area contributed by atoms with Crippen LogP contribution < -0.4 is 5.32 Å². The number of carbonyl (C=O) groups is 1. The highest BCUT2D eigenvalue weighted by molar-refractivity contribution is 9.10. The minimum Gasteiger partial charge on any atom is -0.296 e. The second-order valence-corrected chi connectivity index (χ2v) is 5.66. The lowest BCUT2D eigenvalue weighted by atomic mass is 10.3. The first-order valence-electron chi connectivity index (χ1n) is 5.51. The number of thiazole rings is 1. The number of benzene rings is 1. The molecular weight excluding hydrogens is 326 g/mol. The second-order valence-electron chi connectivity index (χ2n) is 3.77. The molecule has 6 heteroatoms. The predicted molar refractivity (Wildman–Crippen MR) is 79.5 cm³/mol. The topological polar surface area (TPSA) is 54.9 Å². The van der Waals surface area contributed by atoms with Crippen molar-refractivity contribution >= 4 is 48.5 Å². The number of hydrogen-bond acceptors (Lipinski definition) is 4. The Labute approximate surface area is 121 Å². The third kappa shape index (κ3) is 2.50. The number of fused-ring (bicyclic) bond motifs is 1. The van der Waals surface area contributed by atoms with Gasteiger partial charge in [0.25, 0.3) is 5.91 Å². The Bertz CT molecular complexity index is 723. The Morgan fingerprint density at radius 2 is 2.05 bits per heavy atom. The molecule has 0 saturated carbocycles. The molecule has 1 aromatic carbocycles. The number of pyridine rings is 1. The number of aromatic nitrogens is 2. The van der Waals surface area contributed by atoms with Gasteiger partial charge in [-0.15, -0.1) is 0 Å². The predicted octanol–water partition coefficient (Wildman–Crippen LogP) is 3.71. The molecule has 94 valence electrons. The smallest absolute Gasteiger partial charge is 0.277 e. The van der Waals surface area contributed by atoms with Crippen LogP contribution in [0.1, 0.15) is 10.5 Å². The van der Waals surface area contributed by atoms with Crippen LogP contribution in [0.5, 0.6) is 0 Å². The summed E-state index contributed by atoms with van der Waals surface area (Å²) in [5, 5.41) is 3.34. The van der Waals surface area contributed by atoms with E-state index < -0.39 is 0 Å². The Hall–Kier alpha value is -1.79. The molecule has 1 N–H and O–H groups in total. The van der Waals surface area contributed by atoms with E-state index in [1.54, 1.807) is 18.3 Å². The van der Waals surface area contributed by atoms with Gasteiger partial charge in [-0.3, -0.25) is 10.1 Å². The molecule has 2 aromatic heterocycles. The van der Waals surface area contributed by atoms with Crippen molar-refractivity contribution < 1.29 is 4.79 Å². The molecule has 0 aliphatic rings. The van der Waals surface area contributed by atoms with E-state index in [0.29, 0.717) is 15.3 Å². The van der Waals surface area contributed by atoms with Crippen molar-refractivity contribution in [2.45, 2.75) is 0 Å². The van der Waals surface area contributed by atoms with Gasteiger partial charge in [0, 0.05) is 10.7 Å². The van der Waals surface area contributed by atoms with Crippen LogP contribution >= 0.6 is 27.3 Å². The Balaban J connectivity index is 1.89. The SMILES string of the molecule is O=C(Nc1nc2ccccc2s1)c1ncccc1Br. The van der Waals surface area contributed by atoms with Crippen LogP contribution in [0.25, 0.3) is 10.2 Å². The first-order chi connectivity index (χ1) is 9.24. The van der Waals surface area contributed by atoms with Crippen LogP contribution in [0.15, 0.2) is 47.1 Å². The summed E-state index contributed by atoms with van der Waals surface area (Å²) < 4.78 is 1.70. The van der Waals surface area contributed by atoms with Crippen molar-refractivity contribution in [2.75, 3.05) is 5.32 Å². The standard InChI is InChI=1S/C13H8BrN3OS/c14-8-4-3-7-15-11(8)12(18)17-13-16-9-5-1-2-6-10(9)19-13/h1-7H,(H,16,17,18). The lowest BCUT2D eigenvalue weighted by Gasteiger charge is -2.02. The minimum absolute atomic E-state index is 0.272. The van der Waals surface area contributed by atoms with E-state index in [-0.39, 0.29) is 5.91 Å². The van der Waals surface area contributed by atoms with Crippen LogP contribution in [-0.4, -0.2) is 15.9 Å². The van der Waals surface area contributed by atoms with Crippen LogP contribution in [0.4, 0.5) is 5.13 Å². The summed E-state index contributed by atoms with van der Waals surface area (Å²) >= 11 is 4.74. The van der Waals surface area contributed by atoms with Crippen LogP contribution in [-0.2, 0) is 0 Å². The Morgan fingerprint density at radius 1 is 1.21 bits per heavy atom. The molecule has 4 nitrogen and oxygen atoms in total. The van der Waals surface area contributed by atoms with Crippen molar-refractivity contribution in [3.63, 3.8) is 0 Å². The zero-order valence-corrected chi connectivity index (χ0v) is 12.0. The summed E-state index contributed by atoms with van der Waals surface area (Å²) in [6.45, 7) is 0. The summed E-state index contributed by atoms with van der Waals surface area (Å²) in [5.74, 6) is -0.272. The van der Waals surface area contributed by atoms with Gasteiger partial charge in [0.05, 0.1) is 10.2 Å². The highest BCUT2D eigenvalue weighted by Gasteiger charge is 2.13. The number of nitrogens with one attached hydrogen (secondary N) is 1. The monoisotopic (exact) mass is 333 g/mol. The first-order valence-corrected chi connectivity index (χ1v) is 7.12. The lowest BCUT2D eigenvalue weighted by molar-refractivity contribution is 0.102. The van der Waals surface area contributed by atoms with Gasteiger partial charge in [0.15, 0.2) is 5.13 Å². The van der Waals surface area contributed by atoms with Gasteiger partial charge in [-0.2, -0.15) is 0 Å². The molecular formula is C13H8BrN3OS. The second kappa shape index (κ2) is 5.07. The molecule has 1 amide bonds. The summed E-state index contributed by atoms with van der Waals surface area (Å²) in [4.78, 5) is 20.5. The third-order valence-corrected chi connectivity index (χ3v) is 4.08. The number of anilines is 1. The lowest BCUT2D eigenvalue weighted by Crippen LogP contribution is -2.13. The molecule has 0 bridgehead atoms. The number of rotatable bonds is 2. The Morgan fingerprint density at radius 3 is 2.84 bits per heavy atom. The van der Waals surface area contributed by atoms with Gasteiger partial charge in [0.1, 0.15) is 5.69 Å². The van der Waals surface area contributed by atoms with Crippen molar-refractivity contribution in [3.05, 3.63) is 52.8 Å². The zero-order valence-electron chi connectivity index (χ0n) is 9.63. The van der Waals surface area contributed by atoms with Gasteiger partial charge in [-0.1, -0.05) is 23.5 Å². The molecule has 0 aliphatic heterocycles. The molecule has 0 spiro atoms. The highest BCUT2D eigenvalue weighted by atomic mass is 79.9. The van der Waals surface area contributed by atoms with Crippen molar-refractivity contribution in [3.8, 4) is 0 Å². The van der Waals surface area contributed by atoms with Gasteiger partial charge in [-0.25, -0.2) is 9.97 Å². The number of halogens is 1. The average molecular weight is 334 g/mol. The van der Waals surface area contributed by atoms with Crippen molar-refractivity contribution in [1.29, 1.82) is 0 Å². The van der Waals surface area contributed by atoms with Crippen LogP contribution in [0.2, 0.25) is 0 Å². The molecule has 3 rings (SSSR count). The molecule has 0 atom stereocenters. The molecule has 0 radical (unpaired) electrons. The molecule has 19 heavy (non-hydrogen) atoms. The number of carbonyl (C=O) groups excluding carboxylic acids is 1. The molecule has 0 unspecified atom stereocenters. The Kier molecular flexibility index (Phi) is 3.27. The maximum atomic E-state index is 12.1. The highest BCUT2D eigenvalue weighted by Crippen LogP contribution is 2.26. The zero-order chi connectivity index (χ0) is 13.2. The summed E-state index contributed by atoms with van der Waals surface area (Å²) in [5.41, 5.74) is 1.23. The van der Waals surface area contributed by atoms with E-state index in [2.05, 4.69) is 31.2 Å². The summed E-state index contributed by atoms with van der Waals surface area (Å²) in [6.07, 6.45) is 1.58. The summed E-state index contributed by atoms with van der Waals surface area (Å²) in [6, 6.07) is 11.3. The normalized spacial score (nSPS) is 10.6. The minimum atomic E-state index is -0.272. The largest absolute Gasteiger partial charge is 0.296 e. The quantitative estimate of drug-likeness (QED) is 0.777. The number of amides is 1. The van der Waals surface area contributed by atoms with E-state index in [0.717, 1.165) is 10.2 Å². The number of para-hydroxylation sites is 1. The third-order valence-electron chi connectivity index (χ3n) is 2.49. The number of nitrogens with zero attached hydrogens (tertiary/aromatic N) is 2. The summed E-state index contributed by atoms with van der Waals surface area (Å²) in [7, 11) is 0. The van der Waals surface area contributed by atoms with Crippen LogP contribution in [0, 0.1) is 0 Å². The van der Waals surface area contributed by atoms with Gasteiger partial charge in [-0.05, 0) is 40.2 Å². The van der Waals surface area contributed by atoms with Gasteiger partial charge in [0.2, 0.25) is 0 Å². The molecule has 2 heterocycles. The van der Waals surface area contributed by atoms with Crippen LogP contribution in [0.3, 0.4) is 0 Å². The molecule has 0 saturated heterocycles. The fourth-order valence-corrected chi connectivity index (χ4v) is 2.93. The average Bonchev–Trinajstić information content (AvgIpc) is 2.81. The van der Waals surface area contributed by atoms with E-state index in [4.69, 9.17) is 0 Å². The van der Waals surface area contributed by atoms with E-state index in [1.807, 2.05) is 24.3 Å². The van der Waals surface area contributed by atoms with Crippen molar-refractivity contribution in [2.24, 2.45) is 0 Å². The van der Waals surface area contributed by atoms with Gasteiger partial charge >= 0.3 is 0 Å². The number of hydrogen-bond donors (Lipinski definition) is 1. The molecule has 0 fully saturated rings. The van der Waals surface area contributed by atoms with Gasteiger partial charge < -0.3 is 0 Å². The van der Waals surface area contributed by atoms with E-state index in [9.17, 15) is 4.79 Å². The maximum Gasteiger partial charge on any atom is 0.277 e. The van der Waals surface area contributed by atoms with E-state index in [1.165, 1.54) is 11.3 Å². The fourth-order valence-electron chi connectivity index (χ4n) is 1.63.